The first-order chi connectivity index (χ1) is 15.6. The van der Waals surface area contributed by atoms with Crippen LogP contribution in [0.15, 0.2) is 23.0 Å². The van der Waals surface area contributed by atoms with Crippen molar-refractivity contribution < 1.29 is 14.6 Å². The Balaban J connectivity index is 2.29. The Morgan fingerprint density at radius 3 is 2.00 bits per heavy atom. The molecule has 0 saturated carbocycles. The molecule has 5 heteroatoms. The van der Waals surface area contributed by atoms with Crippen LogP contribution in [0.5, 0.6) is 17.2 Å². The molecule has 180 valence electrons. The molecule has 0 saturated heterocycles. The van der Waals surface area contributed by atoms with Crippen molar-refractivity contribution in [2.24, 2.45) is 0 Å². The summed E-state index contributed by atoms with van der Waals surface area (Å²) in [4.78, 5) is 13.0. The van der Waals surface area contributed by atoms with Crippen LogP contribution in [-0.2, 0) is 6.54 Å². The Morgan fingerprint density at radius 2 is 1.38 bits per heavy atom. The van der Waals surface area contributed by atoms with Crippen LogP contribution >= 0.6 is 0 Å². The second kappa shape index (κ2) is 14.8. The highest BCUT2D eigenvalue weighted by molar-refractivity contribution is 5.88. The van der Waals surface area contributed by atoms with E-state index in [1.165, 1.54) is 12.8 Å². The second-order valence-corrected chi connectivity index (χ2v) is 8.69. The number of rotatable bonds is 17. The van der Waals surface area contributed by atoms with Crippen molar-refractivity contribution in [2.75, 3.05) is 13.2 Å². The standard InChI is InChI=1S/C27H43NO4/c1-4-7-10-13-18-28-24-21-22(31-19-14-11-8-5-2)16-17-23(24)26(25(29)27(28)30)32-20-15-12-9-6-3/h16-17,21,29H,4-15,18-20H2,1-3H3. The normalized spacial score (nSPS) is 11.2. The molecule has 0 bridgehead atoms. The van der Waals surface area contributed by atoms with Crippen molar-refractivity contribution in [3.05, 3.63) is 28.6 Å². The van der Waals surface area contributed by atoms with Gasteiger partial charge in [0.2, 0.25) is 5.75 Å². The third-order valence-electron chi connectivity index (χ3n) is 5.91. The number of benzene rings is 1. The minimum Gasteiger partial charge on any atom is -0.500 e. The van der Waals surface area contributed by atoms with E-state index in [2.05, 4.69) is 20.8 Å². The van der Waals surface area contributed by atoms with Gasteiger partial charge in [-0.15, -0.1) is 0 Å². The number of unbranched alkanes of at least 4 members (excludes halogenated alkanes) is 9. The highest BCUT2D eigenvalue weighted by Gasteiger charge is 2.18. The van der Waals surface area contributed by atoms with Gasteiger partial charge in [-0.3, -0.25) is 4.79 Å². The van der Waals surface area contributed by atoms with Gasteiger partial charge >= 0.3 is 0 Å². The van der Waals surface area contributed by atoms with Crippen LogP contribution in [0, 0.1) is 0 Å². The van der Waals surface area contributed by atoms with Crippen molar-refractivity contribution >= 4 is 10.9 Å². The topological polar surface area (TPSA) is 60.7 Å². The number of pyridine rings is 1. The number of hydrogen-bond donors (Lipinski definition) is 1. The van der Waals surface area contributed by atoms with Crippen LogP contribution in [0.2, 0.25) is 0 Å². The molecule has 0 spiro atoms. The summed E-state index contributed by atoms with van der Waals surface area (Å²) in [6.45, 7) is 8.29. The van der Waals surface area contributed by atoms with Gasteiger partial charge in [-0.25, -0.2) is 0 Å². The highest BCUT2D eigenvalue weighted by Crippen LogP contribution is 2.34. The number of hydrogen-bond acceptors (Lipinski definition) is 4. The molecule has 0 aliphatic carbocycles. The van der Waals surface area contributed by atoms with Crippen molar-refractivity contribution in [2.45, 2.75) is 104 Å². The van der Waals surface area contributed by atoms with Crippen molar-refractivity contribution in [3.63, 3.8) is 0 Å². The summed E-state index contributed by atoms with van der Waals surface area (Å²) in [7, 11) is 0. The maximum absolute atomic E-state index is 13.0. The number of ether oxygens (including phenoxy) is 2. The molecule has 0 amide bonds. The molecule has 2 rings (SSSR count). The first kappa shape index (κ1) is 26.1. The van der Waals surface area contributed by atoms with E-state index in [-0.39, 0.29) is 11.3 Å². The van der Waals surface area contributed by atoms with Gasteiger partial charge in [0.1, 0.15) is 5.75 Å². The molecule has 0 atom stereocenters. The first-order valence-corrected chi connectivity index (χ1v) is 12.8. The fourth-order valence-electron chi connectivity index (χ4n) is 3.97. The predicted molar refractivity (Wildman–Crippen MR) is 133 cm³/mol. The molecule has 1 N–H and O–H groups in total. The average Bonchev–Trinajstić information content (AvgIpc) is 2.80. The molecule has 32 heavy (non-hydrogen) atoms. The lowest BCUT2D eigenvalue weighted by Crippen LogP contribution is -2.21. The summed E-state index contributed by atoms with van der Waals surface area (Å²) in [5, 5.41) is 11.5. The van der Waals surface area contributed by atoms with Crippen molar-refractivity contribution in [3.8, 4) is 17.2 Å². The predicted octanol–water partition coefficient (Wildman–Crippen LogP) is 7.21. The van der Waals surface area contributed by atoms with E-state index in [1.54, 1.807) is 4.57 Å². The Labute approximate surface area is 193 Å². The van der Waals surface area contributed by atoms with E-state index in [0.717, 1.165) is 80.9 Å². The lowest BCUT2D eigenvalue weighted by atomic mass is 10.1. The molecule has 1 aromatic carbocycles. The zero-order chi connectivity index (χ0) is 23.2. The summed E-state index contributed by atoms with van der Waals surface area (Å²) >= 11 is 0. The maximum atomic E-state index is 13.0. The first-order valence-electron chi connectivity index (χ1n) is 12.8. The molecule has 0 fully saturated rings. The smallest absolute Gasteiger partial charge is 0.297 e. The van der Waals surface area contributed by atoms with E-state index < -0.39 is 0 Å². The lowest BCUT2D eigenvalue weighted by molar-refractivity contribution is 0.290. The summed E-state index contributed by atoms with van der Waals surface area (Å²) in [6.07, 6.45) is 13.2. The molecule has 5 nitrogen and oxygen atoms in total. The van der Waals surface area contributed by atoms with E-state index in [1.807, 2.05) is 18.2 Å². The van der Waals surface area contributed by atoms with E-state index in [9.17, 15) is 9.90 Å². The molecular weight excluding hydrogens is 402 g/mol. The Bertz CT molecular complexity index is 859. The van der Waals surface area contributed by atoms with Crippen LogP contribution in [0.4, 0.5) is 0 Å². The maximum Gasteiger partial charge on any atom is 0.297 e. The monoisotopic (exact) mass is 445 g/mol. The fraction of sp³-hybridized carbons (Fsp3) is 0.667. The van der Waals surface area contributed by atoms with Crippen LogP contribution in [0.3, 0.4) is 0 Å². The number of aromatic hydroxyl groups is 1. The largest absolute Gasteiger partial charge is 0.500 e. The quantitative estimate of drug-likeness (QED) is 0.261. The molecule has 0 radical (unpaired) electrons. The Hall–Kier alpha value is -2.17. The van der Waals surface area contributed by atoms with E-state index >= 15 is 0 Å². The molecule has 2 aromatic rings. The molecule has 0 unspecified atom stereocenters. The molecular formula is C27H43NO4. The third kappa shape index (κ3) is 7.75. The van der Waals surface area contributed by atoms with Crippen molar-refractivity contribution in [1.29, 1.82) is 0 Å². The highest BCUT2D eigenvalue weighted by atomic mass is 16.5. The number of nitrogens with zero attached hydrogens (tertiary/aromatic N) is 1. The molecule has 0 aliphatic rings. The van der Waals surface area contributed by atoms with E-state index in [4.69, 9.17) is 9.47 Å². The van der Waals surface area contributed by atoms with Gasteiger partial charge in [-0.05, 0) is 31.4 Å². The van der Waals surface area contributed by atoms with Gasteiger partial charge in [0.15, 0.2) is 5.75 Å². The minimum absolute atomic E-state index is 0.281. The van der Waals surface area contributed by atoms with Gasteiger partial charge in [-0.1, -0.05) is 78.6 Å². The van der Waals surface area contributed by atoms with Gasteiger partial charge < -0.3 is 19.1 Å². The number of aromatic nitrogens is 1. The van der Waals surface area contributed by atoms with Crippen molar-refractivity contribution in [1.82, 2.24) is 4.57 Å². The number of fused-ring (bicyclic) bond motifs is 1. The van der Waals surface area contributed by atoms with E-state index in [0.29, 0.717) is 25.5 Å². The van der Waals surface area contributed by atoms with Gasteiger partial charge in [0.05, 0.1) is 18.7 Å². The van der Waals surface area contributed by atoms with Crippen LogP contribution in [0.25, 0.3) is 10.9 Å². The fourth-order valence-corrected chi connectivity index (χ4v) is 3.97. The SMILES string of the molecule is CCCCCCOc1ccc2c(OCCCCCC)c(O)c(=O)n(CCCCCC)c2c1. The summed E-state index contributed by atoms with van der Waals surface area (Å²) < 4.78 is 13.6. The van der Waals surface area contributed by atoms with Crippen LogP contribution < -0.4 is 15.0 Å². The molecule has 1 heterocycles. The average molecular weight is 446 g/mol. The number of aryl methyl sites for hydroxylation is 1. The van der Waals surface area contributed by atoms with Gasteiger partial charge in [0, 0.05) is 18.0 Å². The van der Waals surface area contributed by atoms with Gasteiger partial charge in [-0.2, -0.15) is 0 Å². The zero-order valence-corrected chi connectivity index (χ0v) is 20.5. The minimum atomic E-state index is -0.377. The van der Waals surface area contributed by atoms with Crippen LogP contribution in [-0.4, -0.2) is 22.9 Å². The Morgan fingerprint density at radius 1 is 0.781 bits per heavy atom. The molecule has 1 aromatic heterocycles. The van der Waals surface area contributed by atoms with Crippen LogP contribution in [0.1, 0.15) is 97.8 Å². The lowest BCUT2D eigenvalue weighted by Gasteiger charge is -2.17. The Kier molecular flexibility index (Phi) is 12.1. The second-order valence-electron chi connectivity index (χ2n) is 8.69. The zero-order valence-electron chi connectivity index (χ0n) is 20.5. The summed E-state index contributed by atoms with van der Waals surface area (Å²) in [5.41, 5.74) is 0.400. The van der Waals surface area contributed by atoms with Gasteiger partial charge in [0.25, 0.3) is 5.56 Å². The summed E-state index contributed by atoms with van der Waals surface area (Å²) in [5.74, 6) is 0.785. The summed E-state index contributed by atoms with van der Waals surface area (Å²) in [6, 6.07) is 5.76. The third-order valence-corrected chi connectivity index (χ3v) is 5.91. The molecule has 0 aliphatic heterocycles.